The number of nitrogens with zero attached hydrogens (tertiary/aromatic N) is 2. The molecule has 0 atom stereocenters. The lowest BCUT2D eigenvalue weighted by atomic mass is 10.2. The maximum Gasteiger partial charge on any atom is 0.417 e. The Morgan fingerprint density at radius 2 is 1.90 bits per heavy atom. The van der Waals surface area contributed by atoms with Crippen molar-refractivity contribution in [3.05, 3.63) is 57.7 Å². The van der Waals surface area contributed by atoms with Crippen molar-refractivity contribution in [1.82, 2.24) is 4.98 Å². The molecule has 0 amide bonds. The summed E-state index contributed by atoms with van der Waals surface area (Å²) in [6, 6.07) is 6.96. The first-order valence-electron chi connectivity index (χ1n) is 5.63. The van der Waals surface area contributed by atoms with Crippen LogP contribution in [-0.4, -0.2) is 11.2 Å². The van der Waals surface area contributed by atoms with Crippen LogP contribution in [0.5, 0.6) is 0 Å². The third-order valence-corrected chi connectivity index (χ3v) is 3.00. The number of nitrogens with one attached hydrogen (secondary N) is 1. The van der Waals surface area contributed by atoms with Crippen molar-refractivity contribution in [1.29, 1.82) is 0 Å². The summed E-state index contributed by atoms with van der Waals surface area (Å²) in [5.41, 5.74) is 2.30. The molecule has 21 heavy (non-hydrogen) atoms. The van der Waals surface area contributed by atoms with E-state index >= 15 is 0 Å². The molecule has 2 aromatic rings. The number of hydrogen-bond acceptors (Lipinski definition) is 3. The average molecular weight is 334 g/mol. The summed E-state index contributed by atoms with van der Waals surface area (Å²) < 4.78 is 37.1. The summed E-state index contributed by atoms with van der Waals surface area (Å²) in [5.74, 6) is 0.185. The average Bonchev–Trinajstić information content (AvgIpc) is 2.41. The Kier molecular flexibility index (Phi) is 4.69. The number of rotatable bonds is 3. The van der Waals surface area contributed by atoms with Gasteiger partial charge >= 0.3 is 6.18 Å². The largest absolute Gasteiger partial charge is 0.417 e. The van der Waals surface area contributed by atoms with Crippen LogP contribution >= 0.6 is 23.2 Å². The van der Waals surface area contributed by atoms with E-state index in [-0.39, 0.29) is 5.82 Å². The molecular formula is C13H8Cl2F3N3. The minimum Gasteiger partial charge on any atom is -0.261 e. The summed E-state index contributed by atoms with van der Waals surface area (Å²) in [6.45, 7) is 0. The predicted octanol–water partition coefficient (Wildman–Crippen LogP) is 4.85. The van der Waals surface area contributed by atoms with Crippen molar-refractivity contribution >= 4 is 35.2 Å². The highest BCUT2D eigenvalue weighted by Crippen LogP contribution is 2.28. The van der Waals surface area contributed by atoms with E-state index in [9.17, 15) is 13.2 Å². The first-order valence-corrected chi connectivity index (χ1v) is 6.39. The Bertz CT molecular complexity index is 655. The second-order valence-corrected chi connectivity index (χ2v) is 4.81. The second kappa shape index (κ2) is 6.32. The van der Waals surface area contributed by atoms with Crippen LogP contribution in [0.2, 0.25) is 10.0 Å². The van der Waals surface area contributed by atoms with Crippen LogP contribution < -0.4 is 5.43 Å². The number of aromatic nitrogens is 1. The van der Waals surface area contributed by atoms with Crippen molar-refractivity contribution < 1.29 is 13.2 Å². The fourth-order valence-electron chi connectivity index (χ4n) is 1.40. The van der Waals surface area contributed by atoms with Crippen molar-refractivity contribution in [2.24, 2.45) is 5.10 Å². The maximum absolute atomic E-state index is 12.4. The van der Waals surface area contributed by atoms with Crippen LogP contribution in [0.25, 0.3) is 0 Å². The Morgan fingerprint density at radius 3 is 2.48 bits per heavy atom. The molecule has 0 aliphatic heterocycles. The van der Waals surface area contributed by atoms with Crippen molar-refractivity contribution in [2.75, 3.05) is 5.43 Å². The van der Waals surface area contributed by atoms with Crippen molar-refractivity contribution in [3.63, 3.8) is 0 Å². The zero-order valence-corrected chi connectivity index (χ0v) is 11.8. The molecule has 0 radical (unpaired) electrons. The summed E-state index contributed by atoms with van der Waals surface area (Å²) in [5, 5.41) is 4.75. The molecule has 2 rings (SSSR count). The molecule has 0 aliphatic rings. The van der Waals surface area contributed by atoms with Gasteiger partial charge in [0.2, 0.25) is 0 Å². The van der Waals surface area contributed by atoms with Crippen LogP contribution in [-0.2, 0) is 6.18 Å². The molecule has 0 saturated carbocycles. The molecule has 0 bridgehead atoms. The molecular weight excluding hydrogens is 326 g/mol. The SMILES string of the molecule is FC(F)(F)c1ccc(N/N=C\c2ccc(Cl)cc2Cl)nc1. The number of alkyl halides is 3. The maximum atomic E-state index is 12.4. The van der Waals surface area contributed by atoms with Gasteiger partial charge < -0.3 is 0 Å². The zero-order chi connectivity index (χ0) is 15.5. The van der Waals surface area contributed by atoms with Gasteiger partial charge in [-0.05, 0) is 24.3 Å². The standard InChI is InChI=1S/C13H8Cl2F3N3/c14-10-3-1-8(11(15)5-10)6-20-21-12-4-2-9(7-19-12)13(16,17)18/h1-7H,(H,19,21)/b20-6-. The van der Waals surface area contributed by atoms with Gasteiger partial charge in [-0.2, -0.15) is 18.3 Å². The van der Waals surface area contributed by atoms with Gasteiger partial charge in [0.1, 0.15) is 5.82 Å². The molecule has 3 nitrogen and oxygen atoms in total. The van der Waals surface area contributed by atoms with Gasteiger partial charge in [-0.15, -0.1) is 0 Å². The Balaban J connectivity index is 2.04. The number of anilines is 1. The lowest BCUT2D eigenvalue weighted by molar-refractivity contribution is -0.137. The molecule has 1 heterocycles. The Hall–Kier alpha value is -1.79. The number of benzene rings is 1. The van der Waals surface area contributed by atoms with Crippen LogP contribution in [0.4, 0.5) is 19.0 Å². The predicted molar refractivity (Wildman–Crippen MR) is 76.9 cm³/mol. The van der Waals surface area contributed by atoms with Gasteiger partial charge in [0.15, 0.2) is 0 Å². The van der Waals surface area contributed by atoms with Gasteiger partial charge in [-0.3, -0.25) is 5.43 Å². The molecule has 1 aromatic heterocycles. The third kappa shape index (κ3) is 4.34. The fourth-order valence-corrected chi connectivity index (χ4v) is 1.86. The van der Waals surface area contributed by atoms with Crippen LogP contribution in [0, 0.1) is 0 Å². The van der Waals surface area contributed by atoms with E-state index in [2.05, 4.69) is 15.5 Å². The minimum atomic E-state index is -4.41. The Morgan fingerprint density at radius 1 is 1.14 bits per heavy atom. The van der Waals surface area contributed by atoms with Gasteiger partial charge in [-0.1, -0.05) is 29.3 Å². The van der Waals surface area contributed by atoms with E-state index < -0.39 is 11.7 Å². The minimum absolute atomic E-state index is 0.185. The third-order valence-electron chi connectivity index (χ3n) is 2.44. The molecule has 0 unspecified atom stereocenters. The van der Waals surface area contributed by atoms with E-state index in [4.69, 9.17) is 23.2 Å². The molecule has 0 spiro atoms. The van der Waals surface area contributed by atoms with Crippen molar-refractivity contribution in [2.45, 2.75) is 6.18 Å². The van der Waals surface area contributed by atoms with E-state index in [1.807, 2.05) is 0 Å². The van der Waals surface area contributed by atoms with Crippen LogP contribution in [0.1, 0.15) is 11.1 Å². The van der Waals surface area contributed by atoms with Gasteiger partial charge in [0, 0.05) is 16.8 Å². The lowest BCUT2D eigenvalue weighted by Crippen LogP contribution is -2.05. The molecule has 0 saturated heterocycles. The van der Waals surface area contributed by atoms with Crippen LogP contribution in [0.15, 0.2) is 41.6 Å². The fraction of sp³-hybridized carbons (Fsp3) is 0.0769. The Labute approximate surface area is 128 Å². The number of pyridine rings is 1. The summed E-state index contributed by atoms with van der Waals surface area (Å²) in [7, 11) is 0. The van der Waals surface area contributed by atoms with E-state index in [1.165, 1.54) is 12.3 Å². The molecule has 0 aliphatic carbocycles. The summed E-state index contributed by atoms with van der Waals surface area (Å²) >= 11 is 11.7. The number of hydrazone groups is 1. The molecule has 1 aromatic carbocycles. The first-order chi connectivity index (χ1) is 9.86. The monoisotopic (exact) mass is 333 g/mol. The van der Waals surface area contributed by atoms with Gasteiger partial charge in [0.05, 0.1) is 16.8 Å². The molecule has 1 N–H and O–H groups in total. The highest BCUT2D eigenvalue weighted by atomic mass is 35.5. The first kappa shape index (κ1) is 15.6. The van der Waals surface area contributed by atoms with Gasteiger partial charge in [0.25, 0.3) is 0 Å². The van der Waals surface area contributed by atoms with Crippen molar-refractivity contribution in [3.8, 4) is 0 Å². The highest BCUT2D eigenvalue weighted by Gasteiger charge is 2.30. The smallest absolute Gasteiger partial charge is 0.261 e. The van der Waals surface area contributed by atoms with Crippen LogP contribution in [0.3, 0.4) is 0 Å². The normalized spacial score (nSPS) is 11.9. The second-order valence-electron chi connectivity index (χ2n) is 3.97. The number of halogens is 5. The summed E-state index contributed by atoms with van der Waals surface area (Å²) in [4.78, 5) is 3.61. The molecule has 8 heteroatoms. The van der Waals surface area contributed by atoms with E-state index in [1.54, 1.807) is 18.2 Å². The molecule has 110 valence electrons. The van der Waals surface area contributed by atoms with E-state index in [0.29, 0.717) is 15.6 Å². The highest BCUT2D eigenvalue weighted by molar-refractivity contribution is 6.36. The zero-order valence-electron chi connectivity index (χ0n) is 10.3. The quantitative estimate of drug-likeness (QED) is 0.643. The lowest BCUT2D eigenvalue weighted by Gasteiger charge is -2.06. The van der Waals surface area contributed by atoms with E-state index in [0.717, 1.165) is 12.3 Å². The van der Waals surface area contributed by atoms with Gasteiger partial charge in [-0.25, -0.2) is 4.98 Å². The molecule has 0 fully saturated rings. The number of hydrogen-bond donors (Lipinski definition) is 1. The summed E-state index contributed by atoms with van der Waals surface area (Å²) in [6.07, 6.45) is -2.27. The topological polar surface area (TPSA) is 37.3 Å².